The molecule has 0 unspecified atom stereocenters. The predicted octanol–water partition coefficient (Wildman–Crippen LogP) is 2.24. The van der Waals surface area contributed by atoms with E-state index in [0.29, 0.717) is 6.42 Å². The number of nitrogens with zero attached hydrogens (tertiary/aromatic N) is 1. The third kappa shape index (κ3) is 1.91. The molecule has 0 aromatic carbocycles. The van der Waals surface area contributed by atoms with Crippen LogP contribution in [-0.4, -0.2) is 10.8 Å². The highest BCUT2D eigenvalue weighted by Crippen LogP contribution is 2.05. The van der Waals surface area contributed by atoms with E-state index >= 15 is 0 Å². The molecule has 2 heteroatoms. The standard InChI is InChI=1S/C10H13NO/c1-3-8-5-9(7-11-6-8)10(12)4-2/h5-7H,3-4H2,1-2H3. The summed E-state index contributed by atoms with van der Waals surface area (Å²) in [6.07, 6.45) is 4.91. The third-order valence-electron chi connectivity index (χ3n) is 1.85. The van der Waals surface area contributed by atoms with Crippen LogP contribution in [0, 0.1) is 0 Å². The van der Waals surface area contributed by atoms with Gasteiger partial charge < -0.3 is 0 Å². The van der Waals surface area contributed by atoms with Crippen LogP contribution in [-0.2, 0) is 6.42 Å². The molecule has 0 atom stereocenters. The van der Waals surface area contributed by atoms with Crippen LogP contribution >= 0.6 is 0 Å². The molecule has 12 heavy (non-hydrogen) atoms. The first-order valence-corrected chi connectivity index (χ1v) is 4.25. The second-order valence-corrected chi connectivity index (χ2v) is 2.71. The lowest BCUT2D eigenvalue weighted by molar-refractivity contribution is 0.0987. The topological polar surface area (TPSA) is 30.0 Å². The van der Waals surface area contributed by atoms with Crippen LogP contribution < -0.4 is 0 Å². The molecule has 0 N–H and O–H groups in total. The van der Waals surface area contributed by atoms with Gasteiger partial charge in [-0.3, -0.25) is 9.78 Å². The maximum absolute atomic E-state index is 11.2. The first-order valence-electron chi connectivity index (χ1n) is 4.25. The zero-order valence-corrected chi connectivity index (χ0v) is 7.50. The first kappa shape index (κ1) is 8.91. The minimum Gasteiger partial charge on any atom is -0.294 e. The Hall–Kier alpha value is -1.18. The fraction of sp³-hybridized carbons (Fsp3) is 0.400. The van der Waals surface area contributed by atoms with Gasteiger partial charge in [-0.25, -0.2) is 0 Å². The van der Waals surface area contributed by atoms with E-state index in [1.54, 1.807) is 12.4 Å². The molecule has 2 nitrogen and oxygen atoms in total. The van der Waals surface area contributed by atoms with E-state index in [1.807, 2.05) is 13.0 Å². The molecule has 1 aromatic rings. The maximum atomic E-state index is 11.2. The summed E-state index contributed by atoms with van der Waals surface area (Å²) in [6, 6.07) is 1.92. The minimum atomic E-state index is 0.165. The number of carbonyl (C=O) groups excluding carboxylic acids is 1. The van der Waals surface area contributed by atoms with Gasteiger partial charge in [0, 0.05) is 24.4 Å². The van der Waals surface area contributed by atoms with Crippen molar-refractivity contribution in [3.8, 4) is 0 Å². The van der Waals surface area contributed by atoms with Gasteiger partial charge in [-0.1, -0.05) is 13.8 Å². The predicted molar refractivity (Wildman–Crippen MR) is 48.2 cm³/mol. The molecule has 0 radical (unpaired) electrons. The Kier molecular flexibility index (Phi) is 2.97. The van der Waals surface area contributed by atoms with Crippen LogP contribution in [0.3, 0.4) is 0 Å². The smallest absolute Gasteiger partial charge is 0.164 e. The Morgan fingerprint density at radius 1 is 1.42 bits per heavy atom. The van der Waals surface area contributed by atoms with E-state index in [-0.39, 0.29) is 5.78 Å². The number of rotatable bonds is 3. The molecule has 0 aliphatic rings. The molecule has 0 fully saturated rings. The molecule has 0 amide bonds. The van der Waals surface area contributed by atoms with E-state index in [4.69, 9.17) is 0 Å². The summed E-state index contributed by atoms with van der Waals surface area (Å²) in [5, 5.41) is 0. The van der Waals surface area contributed by atoms with Gasteiger partial charge in [0.05, 0.1) is 0 Å². The van der Waals surface area contributed by atoms with Crippen molar-refractivity contribution in [1.29, 1.82) is 0 Å². The van der Waals surface area contributed by atoms with Gasteiger partial charge in [0.15, 0.2) is 5.78 Å². The second-order valence-electron chi connectivity index (χ2n) is 2.71. The zero-order chi connectivity index (χ0) is 8.97. The van der Waals surface area contributed by atoms with E-state index < -0.39 is 0 Å². The average Bonchev–Trinajstić information content (AvgIpc) is 2.17. The minimum absolute atomic E-state index is 0.165. The van der Waals surface area contributed by atoms with Crippen molar-refractivity contribution in [1.82, 2.24) is 4.98 Å². The number of hydrogen-bond donors (Lipinski definition) is 0. The van der Waals surface area contributed by atoms with Crippen LogP contribution in [0.25, 0.3) is 0 Å². The SMILES string of the molecule is CCC(=O)c1cncc(CC)c1. The van der Waals surface area contributed by atoms with Crippen molar-refractivity contribution < 1.29 is 4.79 Å². The fourth-order valence-electron chi connectivity index (χ4n) is 1.04. The summed E-state index contributed by atoms with van der Waals surface area (Å²) < 4.78 is 0. The average molecular weight is 163 g/mol. The van der Waals surface area contributed by atoms with E-state index in [9.17, 15) is 4.79 Å². The van der Waals surface area contributed by atoms with Crippen molar-refractivity contribution in [3.05, 3.63) is 29.6 Å². The number of hydrogen-bond acceptors (Lipinski definition) is 2. The Labute approximate surface area is 72.6 Å². The van der Waals surface area contributed by atoms with Crippen molar-refractivity contribution >= 4 is 5.78 Å². The Morgan fingerprint density at radius 2 is 2.17 bits per heavy atom. The van der Waals surface area contributed by atoms with Gasteiger partial charge in [-0.15, -0.1) is 0 Å². The molecule has 0 saturated carbocycles. The van der Waals surface area contributed by atoms with Crippen LogP contribution in [0.2, 0.25) is 0 Å². The van der Waals surface area contributed by atoms with E-state index in [1.165, 1.54) is 0 Å². The Balaban J connectivity index is 2.93. The molecule has 0 spiro atoms. The van der Waals surface area contributed by atoms with Gasteiger partial charge in [-0.05, 0) is 18.1 Å². The Morgan fingerprint density at radius 3 is 2.75 bits per heavy atom. The summed E-state index contributed by atoms with van der Waals surface area (Å²) in [5.74, 6) is 0.165. The molecule has 1 aromatic heterocycles. The normalized spacial score (nSPS) is 9.83. The van der Waals surface area contributed by atoms with Gasteiger partial charge in [-0.2, -0.15) is 0 Å². The van der Waals surface area contributed by atoms with Crippen LogP contribution in [0.1, 0.15) is 36.2 Å². The van der Waals surface area contributed by atoms with Gasteiger partial charge in [0.25, 0.3) is 0 Å². The number of aryl methyl sites for hydroxylation is 1. The fourth-order valence-corrected chi connectivity index (χ4v) is 1.04. The van der Waals surface area contributed by atoms with Crippen molar-refractivity contribution in [3.63, 3.8) is 0 Å². The zero-order valence-electron chi connectivity index (χ0n) is 7.50. The van der Waals surface area contributed by atoms with Crippen LogP contribution in [0.5, 0.6) is 0 Å². The summed E-state index contributed by atoms with van der Waals surface area (Å²) in [5.41, 5.74) is 1.85. The monoisotopic (exact) mass is 163 g/mol. The molecule has 1 heterocycles. The van der Waals surface area contributed by atoms with Crippen molar-refractivity contribution in [2.45, 2.75) is 26.7 Å². The number of ketones is 1. The molecule has 0 bridgehead atoms. The Bertz CT molecular complexity index is 281. The number of pyridine rings is 1. The quantitative estimate of drug-likeness (QED) is 0.639. The van der Waals surface area contributed by atoms with E-state index in [2.05, 4.69) is 11.9 Å². The highest BCUT2D eigenvalue weighted by atomic mass is 16.1. The lowest BCUT2D eigenvalue weighted by atomic mass is 10.1. The molecule has 1 rings (SSSR count). The van der Waals surface area contributed by atoms with E-state index in [0.717, 1.165) is 17.5 Å². The highest BCUT2D eigenvalue weighted by Gasteiger charge is 2.02. The second kappa shape index (κ2) is 4.00. The molecule has 0 saturated heterocycles. The summed E-state index contributed by atoms with van der Waals surface area (Å²) >= 11 is 0. The lowest BCUT2D eigenvalue weighted by Gasteiger charge is -1.99. The summed E-state index contributed by atoms with van der Waals surface area (Å²) in [7, 11) is 0. The summed E-state index contributed by atoms with van der Waals surface area (Å²) in [4.78, 5) is 15.2. The molecular formula is C10H13NO. The van der Waals surface area contributed by atoms with Crippen molar-refractivity contribution in [2.24, 2.45) is 0 Å². The highest BCUT2D eigenvalue weighted by molar-refractivity contribution is 5.95. The van der Waals surface area contributed by atoms with Gasteiger partial charge in [0.1, 0.15) is 0 Å². The van der Waals surface area contributed by atoms with Crippen LogP contribution in [0.15, 0.2) is 18.5 Å². The molecule has 64 valence electrons. The van der Waals surface area contributed by atoms with Gasteiger partial charge >= 0.3 is 0 Å². The third-order valence-corrected chi connectivity index (χ3v) is 1.85. The summed E-state index contributed by atoms with van der Waals surface area (Å²) in [6.45, 7) is 3.91. The largest absolute Gasteiger partial charge is 0.294 e. The molecule has 0 aliphatic heterocycles. The van der Waals surface area contributed by atoms with Crippen LogP contribution in [0.4, 0.5) is 0 Å². The number of carbonyl (C=O) groups is 1. The van der Waals surface area contributed by atoms with Crippen molar-refractivity contribution in [2.75, 3.05) is 0 Å². The lowest BCUT2D eigenvalue weighted by Crippen LogP contribution is -1.98. The first-order chi connectivity index (χ1) is 5.77. The molecular weight excluding hydrogens is 150 g/mol. The number of Topliss-reactive ketones (excluding diaryl/α,β-unsaturated/α-hetero) is 1. The van der Waals surface area contributed by atoms with Gasteiger partial charge in [0.2, 0.25) is 0 Å². The maximum Gasteiger partial charge on any atom is 0.164 e. The number of aromatic nitrogens is 1. The molecule has 0 aliphatic carbocycles.